The summed E-state index contributed by atoms with van der Waals surface area (Å²) < 4.78 is 10.9. The SMILES string of the molecule is COc1cccc(O[C@H](C)C(=O)N[C@@H]2C[C@H]3CC[C@H]2C3)c1. The Bertz CT molecular complexity index is 517. The molecule has 2 aliphatic rings. The summed E-state index contributed by atoms with van der Waals surface area (Å²) in [7, 11) is 1.62. The molecule has 2 aliphatic carbocycles. The van der Waals surface area contributed by atoms with Gasteiger partial charge in [-0.1, -0.05) is 12.5 Å². The van der Waals surface area contributed by atoms with Gasteiger partial charge in [-0.05, 0) is 50.2 Å². The molecule has 0 radical (unpaired) electrons. The maximum Gasteiger partial charge on any atom is 0.261 e. The Morgan fingerprint density at radius 1 is 1.29 bits per heavy atom. The van der Waals surface area contributed by atoms with Gasteiger partial charge in [0.25, 0.3) is 5.91 Å². The van der Waals surface area contributed by atoms with Crippen LogP contribution in [0.25, 0.3) is 0 Å². The Morgan fingerprint density at radius 2 is 2.10 bits per heavy atom. The second-order valence-electron chi connectivity index (χ2n) is 6.23. The molecule has 2 bridgehead atoms. The van der Waals surface area contributed by atoms with Crippen LogP contribution in [0.15, 0.2) is 24.3 Å². The van der Waals surface area contributed by atoms with Crippen LogP contribution in [0.2, 0.25) is 0 Å². The second-order valence-corrected chi connectivity index (χ2v) is 6.23. The lowest BCUT2D eigenvalue weighted by atomic mass is 9.95. The van der Waals surface area contributed by atoms with Crippen LogP contribution in [0.4, 0.5) is 0 Å². The van der Waals surface area contributed by atoms with Crippen molar-refractivity contribution in [2.24, 2.45) is 11.8 Å². The first-order chi connectivity index (χ1) is 10.2. The topological polar surface area (TPSA) is 47.6 Å². The van der Waals surface area contributed by atoms with Crippen molar-refractivity contribution in [2.45, 2.75) is 44.8 Å². The van der Waals surface area contributed by atoms with Crippen molar-refractivity contribution in [2.75, 3.05) is 7.11 Å². The maximum absolute atomic E-state index is 12.3. The summed E-state index contributed by atoms with van der Waals surface area (Å²) in [5, 5.41) is 3.16. The van der Waals surface area contributed by atoms with Crippen molar-refractivity contribution in [3.8, 4) is 11.5 Å². The quantitative estimate of drug-likeness (QED) is 0.906. The van der Waals surface area contributed by atoms with Crippen LogP contribution in [-0.4, -0.2) is 25.2 Å². The number of nitrogens with one attached hydrogen (secondary N) is 1. The lowest BCUT2D eigenvalue weighted by molar-refractivity contribution is -0.128. The highest BCUT2D eigenvalue weighted by Gasteiger charge is 2.40. The van der Waals surface area contributed by atoms with E-state index in [2.05, 4.69) is 5.32 Å². The number of fused-ring (bicyclic) bond motifs is 2. The molecular formula is C17H23NO3. The van der Waals surface area contributed by atoms with Crippen molar-refractivity contribution < 1.29 is 14.3 Å². The van der Waals surface area contributed by atoms with Crippen molar-refractivity contribution in [3.05, 3.63) is 24.3 Å². The zero-order valence-corrected chi connectivity index (χ0v) is 12.7. The van der Waals surface area contributed by atoms with Gasteiger partial charge in [-0.2, -0.15) is 0 Å². The molecule has 2 saturated carbocycles. The van der Waals surface area contributed by atoms with E-state index in [9.17, 15) is 4.79 Å². The van der Waals surface area contributed by atoms with Gasteiger partial charge in [0.15, 0.2) is 6.10 Å². The molecule has 1 aromatic carbocycles. The first-order valence-corrected chi connectivity index (χ1v) is 7.77. The van der Waals surface area contributed by atoms with Gasteiger partial charge in [-0.25, -0.2) is 0 Å². The van der Waals surface area contributed by atoms with Gasteiger partial charge >= 0.3 is 0 Å². The standard InChI is InChI=1S/C17H23NO3/c1-11(21-15-5-3-4-14(10-15)20-2)17(19)18-16-9-12-6-7-13(16)8-12/h3-5,10-13,16H,6-9H2,1-2H3,(H,18,19)/t11-,12+,13+,16-/m1/s1. The fourth-order valence-corrected chi connectivity index (χ4v) is 3.65. The third-order valence-electron chi connectivity index (χ3n) is 4.79. The number of hydrogen-bond donors (Lipinski definition) is 1. The van der Waals surface area contributed by atoms with E-state index >= 15 is 0 Å². The molecule has 0 heterocycles. The van der Waals surface area contributed by atoms with Gasteiger partial charge in [-0.15, -0.1) is 0 Å². The van der Waals surface area contributed by atoms with Gasteiger partial charge in [0, 0.05) is 12.1 Å². The highest BCUT2D eigenvalue weighted by atomic mass is 16.5. The average Bonchev–Trinajstić information content (AvgIpc) is 3.10. The molecule has 1 amide bonds. The Balaban J connectivity index is 1.54. The minimum Gasteiger partial charge on any atom is -0.497 e. The highest BCUT2D eigenvalue weighted by molar-refractivity contribution is 5.81. The summed E-state index contributed by atoms with van der Waals surface area (Å²) >= 11 is 0. The fourth-order valence-electron chi connectivity index (χ4n) is 3.65. The molecule has 1 aromatic rings. The lowest BCUT2D eigenvalue weighted by Crippen LogP contribution is -2.44. The molecule has 3 rings (SSSR count). The molecule has 114 valence electrons. The molecule has 4 heteroatoms. The highest BCUT2D eigenvalue weighted by Crippen LogP contribution is 2.44. The Hall–Kier alpha value is -1.71. The summed E-state index contributed by atoms with van der Waals surface area (Å²) in [6.07, 6.45) is 4.54. The number of methoxy groups -OCH3 is 1. The van der Waals surface area contributed by atoms with Crippen LogP contribution >= 0.6 is 0 Å². The Kier molecular flexibility index (Phi) is 4.04. The Labute approximate surface area is 125 Å². The van der Waals surface area contributed by atoms with Crippen LogP contribution in [0.3, 0.4) is 0 Å². The summed E-state index contributed by atoms with van der Waals surface area (Å²) in [4.78, 5) is 12.3. The summed E-state index contributed by atoms with van der Waals surface area (Å²) in [5.41, 5.74) is 0. The van der Waals surface area contributed by atoms with E-state index < -0.39 is 6.10 Å². The number of rotatable bonds is 5. The molecule has 4 atom stereocenters. The monoisotopic (exact) mass is 289 g/mol. The van der Waals surface area contributed by atoms with Crippen molar-refractivity contribution >= 4 is 5.91 Å². The van der Waals surface area contributed by atoms with Crippen LogP contribution < -0.4 is 14.8 Å². The lowest BCUT2D eigenvalue weighted by Gasteiger charge is -2.24. The van der Waals surface area contributed by atoms with E-state index in [1.165, 1.54) is 19.3 Å². The molecule has 0 saturated heterocycles. The van der Waals surface area contributed by atoms with Crippen LogP contribution in [0, 0.1) is 11.8 Å². The third kappa shape index (κ3) is 3.14. The van der Waals surface area contributed by atoms with E-state index in [0.717, 1.165) is 18.1 Å². The predicted molar refractivity (Wildman–Crippen MR) is 80.5 cm³/mol. The van der Waals surface area contributed by atoms with Crippen LogP contribution in [0.5, 0.6) is 11.5 Å². The molecule has 1 N–H and O–H groups in total. The van der Waals surface area contributed by atoms with Crippen LogP contribution in [0.1, 0.15) is 32.6 Å². The molecule has 0 spiro atoms. The molecule has 4 nitrogen and oxygen atoms in total. The molecule has 0 unspecified atom stereocenters. The Morgan fingerprint density at radius 3 is 2.76 bits per heavy atom. The number of benzene rings is 1. The molecule has 0 aliphatic heterocycles. The normalized spacial score (nSPS) is 28.2. The molecule has 21 heavy (non-hydrogen) atoms. The number of amides is 1. The fraction of sp³-hybridized carbons (Fsp3) is 0.588. The van der Waals surface area contributed by atoms with E-state index in [1.54, 1.807) is 20.1 Å². The number of hydrogen-bond acceptors (Lipinski definition) is 3. The minimum absolute atomic E-state index is 0.0182. The number of ether oxygens (including phenoxy) is 2. The van der Waals surface area contributed by atoms with Crippen molar-refractivity contribution in [3.63, 3.8) is 0 Å². The summed E-state index contributed by atoms with van der Waals surface area (Å²) in [6.45, 7) is 1.79. The van der Waals surface area contributed by atoms with Gasteiger partial charge in [0.2, 0.25) is 0 Å². The smallest absolute Gasteiger partial charge is 0.261 e. The van der Waals surface area contributed by atoms with Gasteiger partial charge in [-0.3, -0.25) is 4.79 Å². The third-order valence-corrected chi connectivity index (χ3v) is 4.79. The zero-order chi connectivity index (χ0) is 14.8. The molecule has 0 aromatic heterocycles. The van der Waals surface area contributed by atoms with Crippen molar-refractivity contribution in [1.82, 2.24) is 5.32 Å². The van der Waals surface area contributed by atoms with E-state index in [-0.39, 0.29) is 5.91 Å². The number of carbonyl (C=O) groups is 1. The van der Waals surface area contributed by atoms with Crippen LogP contribution in [-0.2, 0) is 4.79 Å². The average molecular weight is 289 g/mol. The molecule has 2 fully saturated rings. The summed E-state index contributed by atoms with van der Waals surface area (Å²) in [6, 6.07) is 7.69. The minimum atomic E-state index is -0.490. The van der Waals surface area contributed by atoms with Gasteiger partial charge in [0.1, 0.15) is 11.5 Å². The largest absolute Gasteiger partial charge is 0.497 e. The maximum atomic E-state index is 12.3. The van der Waals surface area contributed by atoms with E-state index in [0.29, 0.717) is 17.7 Å². The number of carbonyl (C=O) groups excluding carboxylic acids is 1. The predicted octanol–water partition coefficient (Wildman–Crippen LogP) is 2.77. The first-order valence-electron chi connectivity index (χ1n) is 7.77. The second kappa shape index (κ2) is 5.96. The van der Waals surface area contributed by atoms with E-state index in [4.69, 9.17) is 9.47 Å². The van der Waals surface area contributed by atoms with Gasteiger partial charge in [0.05, 0.1) is 7.11 Å². The molecular weight excluding hydrogens is 266 g/mol. The van der Waals surface area contributed by atoms with E-state index in [1.807, 2.05) is 18.2 Å². The zero-order valence-electron chi connectivity index (χ0n) is 12.7. The van der Waals surface area contributed by atoms with Crippen molar-refractivity contribution in [1.29, 1.82) is 0 Å². The first kappa shape index (κ1) is 14.2. The van der Waals surface area contributed by atoms with Gasteiger partial charge < -0.3 is 14.8 Å². The summed E-state index contributed by atoms with van der Waals surface area (Å²) in [5.74, 6) is 2.88.